The summed E-state index contributed by atoms with van der Waals surface area (Å²) in [5.41, 5.74) is 1.32. The highest BCUT2D eigenvalue weighted by Crippen LogP contribution is 2.37. The molecule has 1 aromatic rings. The van der Waals surface area contributed by atoms with Crippen molar-refractivity contribution in [1.29, 1.82) is 0 Å². The lowest BCUT2D eigenvalue weighted by Crippen LogP contribution is -2.05. The van der Waals surface area contributed by atoms with Crippen molar-refractivity contribution in [2.24, 2.45) is 0 Å². The van der Waals surface area contributed by atoms with Gasteiger partial charge in [-0.2, -0.15) is 0 Å². The SMILES string of the molecule is CCC(C)c1cc(Br)c(OCC2CO2)c(Br)c1. The van der Waals surface area contributed by atoms with Crippen LogP contribution in [0.4, 0.5) is 0 Å². The fourth-order valence-electron chi connectivity index (χ4n) is 1.58. The summed E-state index contributed by atoms with van der Waals surface area (Å²) < 4.78 is 12.9. The number of rotatable bonds is 5. The Labute approximate surface area is 119 Å². The molecule has 17 heavy (non-hydrogen) atoms. The van der Waals surface area contributed by atoms with Gasteiger partial charge in [-0.25, -0.2) is 0 Å². The standard InChI is InChI=1S/C13H16Br2O2/c1-3-8(2)9-4-11(14)13(12(15)5-9)17-7-10-6-16-10/h4-5,8,10H,3,6-7H2,1-2H3. The van der Waals surface area contributed by atoms with E-state index in [0.717, 1.165) is 27.7 Å². The van der Waals surface area contributed by atoms with Crippen molar-refractivity contribution in [3.8, 4) is 5.75 Å². The Balaban J connectivity index is 2.15. The summed E-state index contributed by atoms with van der Waals surface area (Å²) in [6.45, 7) is 5.87. The molecule has 0 saturated carbocycles. The minimum atomic E-state index is 0.281. The zero-order valence-electron chi connectivity index (χ0n) is 10.0. The third-order valence-electron chi connectivity index (χ3n) is 3.02. The van der Waals surface area contributed by atoms with Crippen LogP contribution in [-0.2, 0) is 4.74 Å². The van der Waals surface area contributed by atoms with Gasteiger partial charge in [0.2, 0.25) is 0 Å². The van der Waals surface area contributed by atoms with Gasteiger partial charge in [-0.3, -0.25) is 0 Å². The van der Waals surface area contributed by atoms with Crippen molar-refractivity contribution in [1.82, 2.24) is 0 Å². The fourth-order valence-corrected chi connectivity index (χ4v) is 3.03. The molecule has 1 heterocycles. The van der Waals surface area contributed by atoms with Crippen molar-refractivity contribution in [2.45, 2.75) is 32.3 Å². The summed E-state index contributed by atoms with van der Waals surface area (Å²) >= 11 is 7.14. The Morgan fingerprint density at radius 1 is 1.41 bits per heavy atom. The summed E-state index contributed by atoms with van der Waals surface area (Å²) in [6.07, 6.45) is 1.41. The molecule has 2 nitrogen and oxygen atoms in total. The highest BCUT2D eigenvalue weighted by atomic mass is 79.9. The van der Waals surface area contributed by atoms with E-state index in [9.17, 15) is 0 Å². The molecule has 0 N–H and O–H groups in total. The summed E-state index contributed by atoms with van der Waals surface area (Å²) in [5.74, 6) is 1.43. The van der Waals surface area contributed by atoms with Crippen LogP contribution in [0, 0.1) is 0 Å². The van der Waals surface area contributed by atoms with E-state index in [1.54, 1.807) is 0 Å². The van der Waals surface area contributed by atoms with Gasteiger partial charge in [-0.1, -0.05) is 13.8 Å². The number of halogens is 2. The van der Waals surface area contributed by atoms with Crippen LogP contribution in [0.5, 0.6) is 5.75 Å². The minimum Gasteiger partial charge on any atom is -0.488 e. The van der Waals surface area contributed by atoms with Crippen molar-refractivity contribution in [3.05, 3.63) is 26.6 Å². The monoisotopic (exact) mass is 362 g/mol. The molecule has 4 heteroatoms. The van der Waals surface area contributed by atoms with Gasteiger partial charge in [0.05, 0.1) is 15.6 Å². The Hall–Kier alpha value is -0.0600. The quantitative estimate of drug-likeness (QED) is 0.718. The first-order valence-electron chi connectivity index (χ1n) is 5.85. The molecule has 2 unspecified atom stereocenters. The smallest absolute Gasteiger partial charge is 0.147 e. The van der Waals surface area contributed by atoms with Crippen molar-refractivity contribution in [2.75, 3.05) is 13.2 Å². The Morgan fingerprint density at radius 3 is 2.47 bits per heavy atom. The van der Waals surface area contributed by atoms with Crippen molar-refractivity contribution >= 4 is 31.9 Å². The van der Waals surface area contributed by atoms with Crippen LogP contribution in [0.1, 0.15) is 31.7 Å². The lowest BCUT2D eigenvalue weighted by atomic mass is 9.99. The number of benzene rings is 1. The largest absolute Gasteiger partial charge is 0.488 e. The van der Waals surface area contributed by atoms with E-state index < -0.39 is 0 Å². The van der Waals surface area contributed by atoms with Gasteiger partial charge in [0.25, 0.3) is 0 Å². The third-order valence-corrected chi connectivity index (χ3v) is 4.20. The van der Waals surface area contributed by atoms with Gasteiger partial charge in [0.1, 0.15) is 18.5 Å². The molecule has 2 atom stereocenters. The normalized spacial score (nSPS) is 20.1. The second-order valence-corrected chi connectivity index (χ2v) is 6.10. The summed E-state index contributed by atoms with van der Waals surface area (Å²) in [6, 6.07) is 4.28. The van der Waals surface area contributed by atoms with E-state index in [0.29, 0.717) is 12.5 Å². The summed E-state index contributed by atoms with van der Waals surface area (Å²) in [7, 11) is 0. The second-order valence-electron chi connectivity index (χ2n) is 4.39. The lowest BCUT2D eigenvalue weighted by Gasteiger charge is -2.14. The summed E-state index contributed by atoms with van der Waals surface area (Å²) in [4.78, 5) is 0. The maximum Gasteiger partial charge on any atom is 0.147 e. The Morgan fingerprint density at radius 2 is 2.00 bits per heavy atom. The summed E-state index contributed by atoms with van der Waals surface area (Å²) in [5, 5.41) is 0. The molecule has 2 rings (SSSR count). The highest BCUT2D eigenvalue weighted by molar-refractivity contribution is 9.11. The molecule has 94 valence electrons. The molecule has 1 aliphatic rings. The number of hydrogen-bond acceptors (Lipinski definition) is 2. The van der Waals surface area contributed by atoms with E-state index in [4.69, 9.17) is 9.47 Å². The number of epoxide rings is 1. The molecular weight excluding hydrogens is 348 g/mol. The van der Waals surface area contributed by atoms with E-state index in [2.05, 4.69) is 57.8 Å². The van der Waals surface area contributed by atoms with Gasteiger partial charge in [0.15, 0.2) is 0 Å². The van der Waals surface area contributed by atoms with Crippen LogP contribution >= 0.6 is 31.9 Å². The first-order chi connectivity index (χ1) is 8.11. The molecule has 0 spiro atoms. The second kappa shape index (κ2) is 5.72. The predicted molar refractivity (Wildman–Crippen MR) is 75.8 cm³/mol. The fraction of sp³-hybridized carbons (Fsp3) is 0.538. The Bertz CT molecular complexity index is 379. The van der Waals surface area contributed by atoms with Gasteiger partial charge >= 0.3 is 0 Å². The highest BCUT2D eigenvalue weighted by Gasteiger charge is 2.24. The van der Waals surface area contributed by atoms with Crippen LogP contribution in [0.25, 0.3) is 0 Å². The van der Waals surface area contributed by atoms with E-state index in [1.807, 2.05) is 0 Å². The Kier molecular flexibility index (Phi) is 4.50. The number of hydrogen-bond donors (Lipinski definition) is 0. The van der Waals surface area contributed by atoms with E-state index in [1.165, 1.54) is 5.56 Å². The molecule has 0 aliphatic carbocycles. The van der Waals surface area contributed by atoms with Crippen LogP contribution in [0.3, 0.4) is 0 Å². The maximum atomic E-state index is 5.74. The maximum absolute atomic E-state index is 5.74. The molecule has 0 aromatic heterocycles. The molecule has 0 amide bonds. The van der Waals surface area contributed by atoms with Gasteiger partial charge in [-0.05, 0) is 61.9 Å². The molecule has 1 aliphatic heterocycles. The van der Waals surface area contributed by atoms with E-state index in [-0.39, 0.29) is 6.10 Å². The minimum absolute atomic E-state index is 0.281. The van der Waals surface area contributed by atoms with E-state index >= 15 is 0 Å². The zero-order chi connectivity index (χ0) is 12.4. The van der Waals surface area contributed by atoms with Gasteiger partial charge in [0, 0.05) is 0 Å². The third kappa shape index (κ3) is 3.46. The van der Waals surface area contributed by atoms with Crippen LogP contribution in [0.15, 0.2) is 21.1 Å². The molecule has 0 radical (unpaired) electrons. The number of ether oxygens (including phenoxy) is 2. The zero-order valence-corrected chi connectivity index (χ0v) is 13.2. The molecular formula is C13H16Br2O2. The van der Waals surface area contributed by atoms with Gasteiger partial charge in [-0.15, -0.1) is 0 Å². The topological polar surface area (TPSA) is 21.8 Å². The molecule has 0 bridgehead atoms. The van der Waals surface area contributed by atoms with Gasteiger partial charge < -0.3 is 9.47 Å². The van der Waals surface area contributed by atoms with Crippen LogP contribution < -0.4 is 4.74 Å². The van der Waals surface area contributed by atoms with Crippen LogP contribution in [0.2, 0.25) is 0 Å². The first kappa shape index (κ1) is 13.4. The average molecular weight is 364 g/mol. The average Bonchev–Trinajstić information content (AvgIpc) is 3.10. The lowest BCUT2D eigenvalue weighted by molar-refractivity contribution is 0.260. The first-order valence-corrected chi connectivity index (χ1v) is 7.43. The predicted octanol–water partition coefficient (Wildman–Crippen LogP) is 4.50. The molecule has 1 fully saturated rings. The van der Waals surface area contributed by atoms with Crippen molar-refractivity contribution < 1.29 is 9.47 Å². The molecule has 1 aromatic carbocycles. The molecule has 1 saturated heterocycles. The van der Waals surface area contributed by atoms with Crippen LogP contribution in [-0.4, -0.2) is 19.3 Å². The van der Waals surface area contributed by atoms with Crippen molar-refractivity contribution in [3.63, 3.8) is 0 Å².